The molecule has 1 aromatic heterocycles. The molecular formula is C14H18ClF3N2. The zero-order chi connectivity index (χ0) is 14.8. The van der Waals surface area contributed by atoms with Gasteiger partial charge in [0.05, 0.1) is 11.1 Å². The Morgan fingerprint density at radius 2 is 2.05 bits per heavy atom. The Morgan fingerprint density at radius 1 is 1.40 bits per heavy atom. The minimum absolute atomic E-state index is 0.116. The van der Waals surface area contributed by atoms with Crippen LogP contribution in [0.25, 0.3) is 0 Å². The molecule has 1 aliphatic rings. The maximum absolute atomic E-state index is 13.0. The number of nitrogens with one attached hydrogen (secondary N) is 1. The SMILES string of the molecule is CC1CCC(CCl)(Nc2ncccc2C(F)(F)F)CC1. The molecule has 6 heteroatoms. The molecule has 20 heavy (non-hydrogen) atoms. The van der Waals surface area contributed by atoms with Crippen molar-refractivity contribution < 1.29 is 13.2 Å². The number of aromatic nitrogens is 1. The van der Waals surface area contributed by atoms with Crippen LogP contribution in [0.5, 0.6) is 0 Å². The van der Waals surface area contributed by atoms with Crippen molar-refractivity contribution in [3.8, 4) is 0 Å². The Balaban J connectivity index is 2.24. The van der Waals surface area contributed by atoms with E-state index in [4.69, 9.17) is 11.6 Å². The van der Waals surface area contributed by atoms with Crippen molar-refractivity contribution in [1.29, 1.82) is 0 Å². The molecule has 0 unspecified atom stereocenters. The standard InChI is InChI=1S/C14H18ClF3N2/c1-10-4-6-13(9-15,7-5-10)20-12-11(14(16,17)18)3-2-8-19-12/h2-3,8,10H,4-7,9H2,1H3,(H,19,20). The van der Waals surface area contributed by atoms with Crippen LogP contribution >= 0.6 is 11.6 Å². The molecule has 0 atom stereocenters. The molecule has 0 amide bonds. The zero-order valence-electron chi connectivity index (χ0n) is 11.3. The average Bonchev–Trinajstić information content (AvgIpc) is 2.41. The molecule has 0 aromatic carbocycles. The highest BCUT2D eigenvalue weighted by Crippen LogP contribution is 2.39. The van der Waals surface area contributed by atoms with Gasteiger partial charge in [0, 0.05) is 12.1 Å². The van der Waals surface area contributed by atoms with Crippen molar-refractivity contribution in [2.24, 2.45) is 5.92 Å². The summed E-state index contributed by atoms with van der Waals surface area (Å²) in [6.07, 6.45) is 0.426. The molecule has 0 radical (unpaired) electrons. The number of rotatable bonds is 3. The van der Waals surface area contributed by atoms with Crippen molar-refractivity contribution in [2.45, 2.75) is 44.3 Å². The smallest absolute Gasteiger partial charge is 0.363 e. The maximum atomic E-state index is 13.0. The highest BCUT2D eigenvalue weighted by molar-refractivity contribution is 6.18. The summed E-state index contributed by atoms with van der Waals surface area (Å²) in [4.78, 5) is 3.86. The summed E-state index contributed by atoms with van der Waals surface area (Å²) in [6, 6.07) is 2.34. The highest BCUT2D eigenvalue weighted by atomic mass is 35.5. The first-order valence-electron chi connectivity index (χ1n) is 6.73. The van der Waals surface area contributed by atoms with Gasteiger partial charge in [-0.05, 0) is 43.7 Å². The van der Waals surface area contributed by atoms with E-state index in [1.807, 2.05) is 0 Å². The summed E-state index contributed by atoms with van der Waals surface area (Å²) < 4.78 is 38.9. The van der Waals surface area contributed by atoms with Gasteiger partial charge in [0.1, 0.15) is 5.82 Å². The lowest BCUT2D eigenvalue weighted by Gasteiger charge is -2.39. The van der Waals surface area contributed by atoms with Crippen molar-refractivity contribution in [2.75, 3.05) is 11.2 Å². The van der Waals surface area contributed by atoms with Gasteiger partial charge in [-0.1, -0.05) is 6.92 Å². The van der Waals surface area contributed by atoms with Gasteiger partial charge in [0.15, 0.2) is 0 Å². The minimum Gasteiger partial charge on any atom is -0.363 e. The molecule has 0 aliphatic heterocycles. The largest absolute Gasteiger partial charge is 0.419 e. The number of halogens is 4. The van der Waals surface area contributed by atoms with Gasteiger partial charge >= 0.3 is 6.18 Å². The van der Waals surface area contributed by atoms with Gasteiger partial charge in [0.25, 0.3) is 0 Å². The predicted octanol–water partition coefficient (Wildman–Crippen LogP) is 4.70. The quantitative estimate of drug-likeness (QED) is 0.819. The van der Waals surface area contributed by atoms with Gasteiger partial charge in [-0.3, -0.25) is 0 Å². The topological polar surface area (TPSA) is 24.9 Å². The highest BCUT2D eigenvalue weighted by Gasteiger charge is 2.38. The summed E-state index contributed by atoms with van der Waals surface area (Å²) in [5, 5.41) is 2.98. The fraction of sp³-hybridized carbons (Fsp3) is 0.643. The zero-order valence-corrected chi connectivity index (χ0v) is 12.1. The Hall–Kier alpha value is -0.970. The summed E-state index contributed by atoms with van der Waals surface area (Å²) in [7, 11) is 0. The van der Waals surface area contributed by atoms with Gasteiger partial charge in [0.2, 0.25) is 0 Å². The Labute approximate surface area is 121 Å². The summed E-state index contributed by atoms with van der Waals surface area (Å²) in [5.41, 5.74) is -1.22. The van der Waals surface area contributed by atoms with Crippen LogP contribution in [0.2, 0.25) is 0 Å². The van der Waals surface area contributed by atoms with Crippen LogP contribution in [0.15, 0.2) is 18.3 Å². The van der Waals surface area contributed by atoms with E-state index in [9.17, 15) is 13.2 Å². The van der Waals surface area contributed by atoms with Crippen molar-refractivity contribution in [1.82, 2.24) is 4.98 Å². The van der Waals surface area contributed by atoms with E-state index < -0.39 is 17.3 Å². The molecule has 0 spiro atoms. The number of pyridine rings is 1. The van der Waals surface area contributed by atoms with E-state index in [1.54, 1.807) is 0 Å². The lowest BCUT2D eigenvalue weighted by Crippen LogP contribution is -2.44. The molecule has 1 aliphatic carbocycles. The monoisotopic (exact) mass is 306 g/mol. The fourth-order valence-electron chi connectivity index (χ4n) is 2.59. The van der Waals surface area contributed by atoms with Gasteiger partial charge in [-0.15, -0.1) is 11.6 Å². The van der Waals surface area contributed by atoms with Crippen LogP contribution in [0.3, 0.4) is 0 Å². The summed E-state index contributed by atoms with van der Waals surface area (Å²) in [5.74, 6) is 0.766. The second-order valence-corrected chi connectivity index (χ2v) is 5.89. The van der Waals surface area contributed by atoms with Gasteiger partial charge < -0.3 is 5.32 Å². The van der Waals surface area contributed by atoms with Crippen molar-refractivity contribution >= 4 is 17.4 Å². The van der Waals surface area contributed by atoms with E-state index in [0.29, 0.717) is 5.92 Å². The number of hydrogen-bond acceptors (Lipinski definition) is 2. The lowest BCUT2D eigenvalue weighted by atomic mass is 9.78. The van der Waals surface area contributed by atoms with E-state index in [0.717, 1.165) is 31.7 Å². The minimum atomic E-state index is -4.41. The molecule has 2 rings (SSSR count). The lowest BCUT2D eigenvalue weighted by molar-refractivity contribution is -0.137. The molecule has 1 saturated carbocycles. The first-order chi connectivity index (χ1) is 9.36. The average molecular weight is 307 g/mol. The first kappa shape index (κ1) is 15.4. The fourth-order valence-corrected chi connectivity index (χ4v) is 2.93. The second-order valence-electron chi connectivity index (χ2n) is 5.62. The number of anilines is 1. The van der Waals surface area contributed by atoms with E-state index >= 15 is 0 Å². The van der Waals surface area contributed by atoms with E-state index in [1.165, 1.54) is 12.3 Å². The van der Waals surface area contributed by atoms with Crippen LogP contribution in [0, 0.1) is 5.92 Å². The first-order valence-corrected chi connectivity index (χ1v) is 7.26. The molecule has 1 heterocycles. The van der Waals surface area contributed by atoms with Crippen LogP contribution in [0.1, 0.15) is 38.2 Å². The third-order valence-corrected chi connectivity index (χ3v) is 4.50. The third-order valence-electron chi connectivity index (χ3n) is 3.98. The number of hydrogen-bond donors (Lipinski definition) is 1. The summed E-state index contributed by atoms with van der Waals surface area (Å²) in [6.45, 7) is 2.15. The molecular weight excluding hydrogens is 289 g/mol. The molecule has 0 saturated heterocycles. The Morgan fingerprint density at radius 3 is 2.60 bits per heavy atom. The van der Waals surface area contributed by atoms with Crippen LogP contribution in [0.4, 0.5) is 19.0 Å². The second kappa shape index (κ2) is 5.80. The van der Waals surface area contributed by atoms with Gasteiger partial charge in [-0.25, -0.2) is 4.98 Å². The predicted molar refractivity (Wildman–Crippen MR) is 73.9 cm³/mol. The van der Waals surface area contributed by atoms with Crippen molar-refractivity contribution in [3.05, 3.63) is 23.9 Å². The van der Waals surface area contributed by atoms with E-state index in [-0.39, 0.29) is 11.7 Å². The van der Waals surface area contributed by atoms with E-state index in [2.05, 4.69) is 17.2 Å². The molecule has 2 nitrogen and oxygen atoms in total. The molecule has 112 valence electrons. The van der Waals surface area contributed by atoms with Crippen LogP contribution in [-0.2, 0) is 6.18 Å². The van der Waals surface area contributed by atoms with Crippen LogP contribution < -0.4 is 5.32 Å². The number of nitrogens with zero attached hydrogens (tertiary/aromatic N) is 1. The number of alkyl halides is 4. The molecule has 1 fully saturated rings. The summed E-state index contributed by atoms with van der Waals surface area (Å²) >= 11 is 6.03. The van der Waals surface area contributed by atoms with Crippen LogP contribution in [-0.4, -0.2) is 16.4 Å². The maximum Gasteiger partial charge on any atom is 0.419 e. The molecule has 1 aromatic rings. The Bertz CT molecular complexity index is 454. The molecule has 1 N–H and O–H groups in total. The van der Waals surface area contributed by atoms with Gasteiger partial charge in [-0.2, -0.15) is 13.2 Å². The molecule has 0 bridgehead atoms. The van der Waals surface area contributed by atoms with Crippen molar-refractivity contribution in [3.63, 3.8) is 0 Å². The Kier molecular flexibility index (Phi) is 4.47. The third kappa shape index (κ3) is 3.37. The normalized spacial score (nSPS) is 27.4.